The third kappa shape index (κ3) is 1.78. The van der Waals surface area contributed by atoms with Crippen molar-refractivity contribution in [1.29, 1.82) is 0 Å². The van der Waals surface area contributed by atoms with Gasteiger partial charge in [-0.25, -0.2) is 4.98 Å². The minimum atomic E-state index is 0.439. The van der Waals surface area contributed by atoms with Crippen LogP contribution in [-0.4, -0.2) is 9.55 Å². The van der Waals surface area contributed by atoms with Gasteiger partial charge in [0.05, 0.1) is 21.7 Å². The Balaban J connectivity index is 2.17. The molecule has 0 spiro atoms. The Kier molecular flexibility index (Phi) is 2.62. The van der Waals surface area contributed by atoms with Gasteiger partial charge in [-0.05, 0) is 23.6 Å². The van der Waals surface area contributed by atoms with E-state index in [2.05, 4.69) is 23.2 Å². The molecule has 1 heterocycles. The Morgan fingerprint density at radius 1 is 0.905 bits per heavy atom. The number of rotatable bonds is 1. The number of hydrogen-bond acceptors (Lipinski definition) is 2. The van der Waals surface area contributed by atoms with Crippen molar-refractivity contribution in [2.75, 3.05) is 5.73 Å². The molecule has 0 aliphatic rings. The van der Waals surface area contributed by atoms with Crippen molar-refractivity contribution in [3.63, 3.8) is 0 Å². The largest absolute Gasteiger partial charge is 0.369 e. The molecule has 4 rings (SSSR count). The number of aromatic nitrogens is 2. The summed E-state index contributed by atoms with van der Waals surface area (Å²) in [5, 5.41) is 2.92. The molecule has 0 unspecified atom stereocenters. The molecule has 4 heteroatoms. The molecule has 3 nitrogen and oxygen atoms in total. The second-order valence-electron chi connectivity index (χ2n) is 4.91. The highest BCUT2D eigenvalue weighted by Gasteiger charge is 2.14. The van der Waals surface area contributed by atoms with E-state index in [0.717, 1.165) is 27.5 Å². The monoisotopic (exact) mass is 293 g/mol. The van der Waals surface area contributed by atoms with E-state index in [1.807, 2.05) is 47.0 Å². The molecule has 0 amide bonds. The topological polar surface area (TPSA) is 43.8 Å². The minimum absolute atomic E-state index is 0.439. The van der Waals surface area contributed by atoms with Crippen LogP contribution in [0, 0.1) is 0 Å². The number of nitrogens with two attached hydrogens (primary N) is 1. The lowest BCUT2D eigenvalue weighted by Crippen LogP contribution is -2.01. The number of halogens is 1. The molecule has 0 fully saturated rings. The number of fused-ring (bicyclic) bond motifs is 2. The zero-order valence-corrected chi connectivity index (χ0v) is 11.9. The van der Waals surface area contributed by atoms with E-state index in [-0.39, 0.29) is 0 Å². The van der Waals surface area contributed by atoms with E-state index < -0.39 is 0 Å². The van der Waals surface area contributed by atoms with Crippen LogP contribution in [0.15, 0.2) is 60.7 Å². The van der Waals surface area contributed by atoms with Crippen LogP contribution >= 0.6 is 11.6 Å². The SMILES string of the molecule is Nc1nc2cccc(Cl)c2n1-c1cccc2ccccc12. The van der Waals surface area contributed by atoms with Crippen LogP contribution in [0.1, 0.15) is 0 Å². The first-order chi connectivity index (χ1) is 10.3. The van der Waals surface area contributed by atoms with Crippen LogP contribution in [0.5, 0.6) is 0 Å². The van der Waals surface area contributed by atoms with Crippen molar-refractivity contribution in [3.8, 4) is 5.69 Å². The van der Waals surface area contributed by atoms with Crippen LogP contribution < -0.4 is 5.73 Å². The molecule has 0 aliphatic heterocycles. The average Bonchev–Trinajstić information content (AvgIpc) is 2.84. The van der Waals surface area contributed by atoms with Gasteiger partial charge in [0, 0.05) is 5.39 Å². The maximum Gasteiger partial charge on any atom is 0.206 e. The summed E-state index contributed by atoms with van der Waals surface area (Å²) in [6.45, 7) is 0. The highest BCUT2D eigenvalue weighted by Crippen LogP contribution is 2.32. The maximum absolute atomic E-state index is 6.36. The van der Waals surface area contributed by atoms with Crippen molar-refractivity contribution >= 4 is 39.4 Å². The molecule has 102 valence electrons. The van der Waals surface area contributed by atoms with E-state index in [9.17, 15) is 0 Å². The summed E-state index contributed by atoms with van der Waals surface area (Å²) in [5.41, 5.74) is 8.77. The fourth-order valence-electron chi connectivity index (χ4n) is 2.75. The summed E-state index contributed by atoms with van der Waals surface area (Å²) < 4.78 is 1.92. The van der Waals surface area contributed by atoms with E-state index in [1.165, 1.54) is 0 Å². The maximum atomic E-state index is 6.36. The normalized spacial score (nSPS) is 11.3. The van der Waals surface area contributed by atoms with Gasteiger partial charge in [0.15, 0.2) is 0 Å². The number of imidazole rings is 1. The fraction of sp³-hybridized carbons (Fsp3) is 0. The summed E-state index contributed by atoms with van der Waals surface area (Å²) in [5.74, 6) is 0.439. The highest BCUT2D eigenvalue weighted by atomic mass is 35.5. The van der Waals surface area contributed by atoms with Gasteiger partial charge in [0.1, 0.15) is 0 Å². The van der Waals surface area contributed by atoms with Crippen LogP contribution in [0.4, 0.5) is 5.95 Å². The van der Waals surface area contributed by atoms with Gasteiger partial charge in [-0.1, -0.05) is 54.1 Å². The van der Waals surface area contributed by atoms with Crippen molar-refractivity contribution < 1.29 is 0 Å². The molecule has 0 saturated heterocycles. The smallest absolute Gasteiger partial charge is 0.206 e. The third-order valence-corrected chi connectivity index (χ3v) is 3.97. The molecule has 0 saturated carbocycles. The Morgan fingerprint density at radius 3 is 2.57 bits per heavy atom. The Labute approximate surface area is 126 Å². The molecule has 0 atom stereocenters. The van der Waals surface area contributed by atoms with Crippen molar-refractivity contribution in [2.45, 2.75) is 0 Å². The second-order valence-corrected chi connectivity index (χ2v) is 5.32. The molecule has 21 heavy (non-hydrogen) atoms. The average molecular weight is 294 g/mol. The Bertz CT molecular complexity index is 967. The second kappa shape index (κ2) is 4.50. The van der Waals surface area contributed by atoms with Gasteiger partial charge in [-0.15, -0.1) is 0 Å². The quantitative estimate of drug-likeness (QED) is 0.565. The lowest BCUT2D eigenvalue weighted by molar-refractivity contribution is 1.12. The molecule has 0 radical (unpaired) electrons. The number of nitrogens with zero attached hydrogens (tertiary/aromatic N) is 2. The number of para-hydroxylation sites is 1. The first kappa shape index (κ1) is 12.2. The highest BCUT2D eigenvalue weighted by molar-refractivity contribution is 6.35. The zero-order chi connectivity index (χ0) is 14.4. The molecule has 1 aromatic heterocycles. The number of benzene rings is 3. The van der Waals surface area contributed by atoms with Crippen molar-refractivity contribution in [1.82, 2.24) is 9.55 Å². The number of anilines is 1. The standard InChI is InChI=1S/C17H12ClN3/c18-13-8-4-9-14-16(13)21(17(19)20-14)15-10-3-6-11-5-1-2-7-12(11)15/h1-10H,(H2,19,20). The first-order valence-corrected chi connectivity index (χ1v) is 7.04. The number of nitrogen functional groups attached to an aromatic ring is 1. The van der Waals surface area contributed by atoms with Gasteiger partial charge in [-0.2, -0.15) is 0 Å². The third-order valence-electron chi connectivity index (χ3n) is 3.66. The molecule has 0 aliphatic carbocycles. The minimum Gasteiger partial charge on any atom is -0.369 e. The van der Waals surface area contributed by atoms with Crippen LogP contribution in [0.2, 0.25) is 5.02 Å². The van der Waals surface area contributed by atoms with E-state index in [0.29, 0.717) is 11.0 Å². The van der Waals surface area contributed by atoms with E-state index >= 15 is 0 Å². The van der Waals surface area contributed by atoms with Crippen LogP contribution in [-0.2, 0) is 0 Å². The van der Waals surface area contributed by atoms with Gasteiger partial charge in [0.2, 0.25) is 5.95 Å². The molecule has 2 N–H and O–H groups in total. The summed E-state index contributed by atoms with van der Waals surface area (Å²) in [7, 11) is 0. The van der Waals surface area contributed by atoms with Crippen LogP contribution in [0.3, 0.4) is 0 Å². The zero-order valence-electron chi connectivity index (χ0n) is 11.1. The molecule has 0 bridgehead atoms. The number of hydrogen-bond donors (Lipinski definition) is 1. The Morgan fingerprint density at radius 2 is 1.67 bits per heavy atom. The Hall–Kier alpha value is -2.52. The molecule has 3 aromatic carbocycles. The summed E-state index contributed by atoms with van der Waals surface area (Å²) >= 11 is 6.36. The van der Waals surface area contributed by atoms with Gasteiger partial charge >= 0.3 is 0 Å². The lowest BCUT2D eigenvalue weighted by Gasteiger charge is -2.11. The van der Waals surface area contributed by atoms with Gasteiger partial charge < -0.3 is 5.73 Å². The predicted molar refractivity (Wildman–Crippen MR) is 88.0 cm³/mol. The van der Waals surface area contributed by atoms with E-state index in [1.54, 1.807) is 0 Å². The molecular formula is C17H12ClN3. The predicted octanol–water partition coefficient (Wildman–Crippen LogP) is 4.41. The lowest BCUT2D eigenvalue weighted by atomic mass is 10.1. The molecular weight excluding hydrogens is 282 g/mol. The fourth-order valence-corrected chi connectivity index (χ4v) is 3.00. The van der Waals surface area contributed by atoms with E-state index in [4.69, 9.17) is 17.3 Å². The first-order valence-electron chi connectivity index (χ1n) is 6.66. The molecule has 4 aromatic rings. The van der Waals surface area contributed by atoms with Gasteiger partial charge in [-0.3, -0.25) is 4.57 Å². The van der Waals surface area contributed by atoms with Crippen LogP contribution in [0.25, 0.3) is 27.5 Å². The van der Waals surface area contributed by atoms with Gasteiger partial charge in [0.25, 0.3) is 0 Å². The van der Waals surface area contributed by atoms with Crippen molar-refractivity contribution in [2.24, 2.45) is 0 Å². The summed E-state index contributed by atoms with van der Waals surface area (Å²) in [6, 6.07) is 20.0. The summed E-state index contributed by atoms with van der Waals surface area (Å²) in [4.78, 5) is 4.41. The van der Waals surface area contributed by atoms with Crippen molar-refractivity contribution in [3.05, 3.63) is 65.7 Å². The summed E-state index contributed by atoms with van der Waals surface area (Å²) in [6.07, 6.45) is 0.